The van der Waals surface area contributed by atoms with Crippen molar-refractivity contribution in [3.8, 4) is 0 Å². The van der Waals surface area contributed by atoms with Crippen molar-refractivity contribution in [1.29, 1.82) is 0 Å². The first-order valence-electron chi connectivity index (χ1n) is 5.17. The van der Waals surface area contributed by atoms with E-state index in [0.717, 1.165) is 11.3 Å². The summed E-state index contributed by atoms with van der Waals surface area (Å²) in [6.07, 6.45) is 0.574. The maximum atomic E-state index is 12.0. The highest BCUT2D eigenvalue weighted by Crippen LogP contribution is 2.28. The molecule has 0 saturated carbocycles. The minimum atomic E-state index is -3.31. The third-order valence-electron chi connectivity index (χ3n) is 2.68. The van der Waals surface area contributed by atoms with Crippen LogP contribution in [0.4, 0.5) is 0 Å². The molecule has 1 heterocycles. The Bertz CT molecular complexity index is 509. The number of sulfone groups is 1. The second kappa shape index (κ2) is 4.72. The number of hydrogen-bond acceptors (Lipinski definition) is 3. The smallest absolute Gasteiger partial charge is 0.181 e. The molecule has 0 saturated heterocycles. The van der Waals surface area contributed by atoms with Crippen molar-refractivity contribution in [2.24, 2.45) is 0 Å². The summed E-state index contributed by atoms with van der Waals surface area (Å²) in [5.41, 5.74) is 2.38. The number of hydrogen-bond donors (Lipinski definition) is 0. The van der Waals surface area contributed by atoms with E-state index in [2.05, 4.69) is 4.98 Å². The number of halogens is 1. The fourth-order valence-electron chi connectivity index (χ4n) is 1.61. The van der Waals surface area contributed by atoms with E-state index in [-0.39, 0.29) is 15.8 Å². The summed E-state index contributed by atoms with van der Waals surface area (Å²) in [5.74, 6) is 0.109. The summed E-state index contributed by atoms with van der Waals surface area (Å²) in [6.45, 7) is 7.29. The highest BCUT2D eigenvalue weighted by Gasteiger charge is 2.22. The number of aromatic nitrogens is 1. The molecule has 90 valence electrons. The van der Waals surface area contributed by atoms with Crippen molar-refractivity contribution in [3.05, 3.63) is 22.0 Å². The number of nitrogens with zero attached hydrogens (tertiary/aromatic N) is 1. The maximum Gasteiger partial charge on any atom is 0.181 e. The van der Waals surface area contributed by atoms with E-state index >= 15 is 0 Å². The first-order chi connectivity index (χ1) is 7.31. The van der Waals surface area contributed by atoms with E-state index in [1.54, 1.807) is 6.92 Å². The quantitative estimate of drug-likeness (QED) is 0.786. The molecule has 1 aromatic rings. The van der Waals surface area contributed by atoms with Crippen molar-refractivity contribution >= 4 is 21.4 Å². The van der Waals surface area contributed by atoms with Crippen LogP contribution < -0.4 is 0 Å². The van der Waals surface area contributed by atoms with Gasteiger partial charge in [-0.2, -0.15) is 0 Å². The Kier molecular flexibility index (Phi) is 3.97. The fourth-order valence-corrected chi connectivity index (χ4v) is 3.90. The highest BCUT2D eigenvalue weighted by molar-refractivity contribution is 7.91. The molecular weight excluding hydrogens is 246 g/mol. The summed E-state index contributed by atoms with van der Waals surface area (Å²) in [6, 6.07) is 0. The Morgan fingerprint density at radius 2 is 1.75 bits per heavy atom. The molecule has 1 rings (SSSR count). The number of aryl methyl sites for hydroxylation is 1. The minimum Gasteiger partial charge on any atom is -0.240 e. The number of rotatable bonds is 3. The molecule has 0 aromatic carbocycles. The van der Waals surface area contributed by atoms with Crippen molar-refractivity contribution in [1.82, 2.24) is 4.98 Å². The molecule has 0 aliphatic rings. The van der Waals surface area contributed by atoms with Crippen LogP contribution in [0.15, 0.2) is 4.90 Å². The Morgan fingerprint density at radius 3 is 2.25 bits per heavy atom. The normalized spacial score (nSPS) is 11.8. The second-order valence-corrected chi connectivity index (χ2v) is 6.29. The van der Waals surface area contributed by atoms with E-state index < -0.39 is 9.84 Å². The SMILES string of the molecule is CCCS(=O)(=O)c1c(Cl)nc(C)c(C)c1C. The van der Waals surface area contributed by atoms with E-state index in [4.69, 9.17) is 11.6 Å². The molecule has 0 unspecified atom stereocenters. The number of pyridine rings is 1. The van der Waals surface area contributed by atoms with Gasteiger partial charge >= 0.3 is 0 Å². The van der Waals surface area contributed by atoms with Crippen LogP contribution in [0.5, 0.6) is 0 Å². The third-order valence-corrected chi connectivity index (χ3v) is 5.14. The lowest BCUT2D eigenvalue weighted by molar-refractivity contribution is 0.593. The van der Waals surface area contributed by atoms with E-state index in [0.29, 0.717) is 12.0 Å². The van der Waals surface area contributed by atoms with Gasteiger partial charge in [-0.05, 0) is 38.3 Å². The minimum absolute atomic E-state index is 0.0917. The Balaban J connectivity index is 3.52. The zero-order valence-corrected chi connectivity index (χ0v) is 11.5. The van der Waals surface area contributed by atoms with Crippen LogP contribution in [0.1, 0.15) is 30.2 Å². The van der Waals surface area contributed by atoms with Crippen LogP contribution in [0.3, 0.4) is 0 Å². The van der Waals surface area contributed by atoms with Crippen LogP contribution in [0.2, 0.25) is 5.15 Å². The van der Waals surface area contributed by atoms with E-state index in [1.165, 1.54) is 0 Å². The fraction of sp³-hybridized carbons (Fsp3) is 0.545. The van der Waals surface area contributed by atoms with Crippen LogP contribution in [0.25, 0.3) is 0 Å². The molecule has 5 heteroatoms. The molecule has 0 spiro atoms. The van der Waals surface area contributed by atoms with Crippen molar-refractivity contribution < 1.29 is 8.42 Å². The lowest BCUT2D eigenvalue weighted by atomic mass is 10.1. The van der Waals surface area contributed by atoms with Crippen molar-refractivity contribution in [2.75, 3.05) is 5.75 Å². The van der Waals surface area contributed by atoms with Crippen LogP contribution in [0, 0.1) is 20.8 Å². The largest absolute Gasteiger partial charge is 0.240 e. The van der Waals surface area contributed by atoms with Gasteiger partial charge in [0, 0.05) is 5.69 Å². The molecule has 0 N–H and O–H groups in total. The first kappa shape index (κ1) is 13.5. The average molecular weight is 262 g/mol. The molecule has 0 aliphatic carbocycles. The van der Waals surface area contributed by atoms with Gasteiger partial charge in [-0.15, -0.1) is 0 Å². The molecular formula is C11H16ClNO2S. The summed E-state index contributed by atoms with van der Waals surface area (Å²) >= 11 is 5.94. The predicted molar refractivity (Wildman–Crippen MR) is 65.8 cm³/mol. The molecule has 0 bridgehead atoms. The first-order valence-corrected chi connectivity index (χ1v) is 7.20. The third kappa shape index (κ3) is 2.38. The van der Waals surface area contributed by atoms with Gasteiger partial charge < -0.3 is 0 Å². The zero-order valence-electron chi connectivity index (χ0n) is 9.96. The van der Waals surface area contributed by atoms with Gasteiger partial charge in [0.25, 0.3) is 0 Å². The summed E-state index contributed by atoms with van der Waals surface area (Å²) in [5, 5.41) is 0.0917. The van der Waals surface area contributed by atoms with Gasteiger partial charge in [0.05, 0.1) is 5.75 Å². The van der Waals surface area contributed by atoms with Crippen LogP contribution in [-0.2, 0) is 9.84 Å². The average Bonchev–Trinajstić information content (AvgIpc) is 2.13. The van der Waals surface area contributed by atoms with Crippen molar-refractivity contribution in [3.63, 3.8) is 0 Å². The molecule has 1 aromatic heterocycles. The van der Waals surface area contributed by atoms with Gasteiger partial charge in [0.1, 0.15) is 10.0 Å². The Labute approximate surface area is 102 Å². The monoisotopic (exact) mass is 261 g/mol. The summed E-state index contributed by atoms with van der Waals surface area (Å²) in [7, 11) is -3.31. The molecule has 0 amide bonds. The maximum absolute atomic E-state index is 12.0. The second-order valence-electron chi connectivity index (χ2n) is 3.89. The van der Waals surface area contributed by atoms with Crippen molar-refractivity contribution in [2.45, 2.75) is 39.0 Å². The standard InChI is InChI=1S/C11H16ClNO2S/c1-5-6-16(14,15)10-8(3)7(2)9(4)13-11(10)12/h5-6H2,1-4H3. The molecule has 0 aliphatic heterocycles. The summed E-state index contributed by atoms with van der Waals surface area (Å²) in [4.78, 5) is 4.26. The molecule has 0 atom stereocenters. The Hall–Kier alpha value is -0.610. The van der Waals surface area contributed by atoms with Gasteiger partial charge in [0.2, 0.25) is 0 Å². The molecule has 3 nitrogen and oxygen atoms in total. The molecule has 0 fully saturated rings. The lowest BCUT2D eigenvalue weighted by Crippen LogP contribution is -2.11. The van der Waals surface area contributed by atoms with Crippen LogP contribution in [-0.4, -0.2) is 19.2 Å². The highest BCUT2D eigenvalue weighted by atomic mass is 35.5. The van der Waals surface area contributed by atoms with E-state index in [9.17, 15) is 8.42 Å². The molecule has 0 radical (unpaired) electrons. The zero-order chi connectivity index (χ0) is 12.5. The predicted octanol–water partition coefficient (Wildman–Crippen LogP) is 2.84. The van der Waals surface area contributed by atoms with E-state index in [1.807, 2.05) is 20.8 Å². The van der Waals surface area contributed by atoms with Gasteiger partial charge in [-0.25, -0.2) is 13.4 Å². The topological polar surface area (TPSA) is 47.0 Å². The lowest BCUT2D eigenvalue weighted by Gasteiger charge is -2.12. The Morgan fingerprint density at radius 1 is 1.19 bits per heavy atom. The van der Waals surface area contributed by atoms with Gasteiger partial charge in [0.15, 0.2) is 9.84 Å². The van der Waals surface area contributed by atoms with Crippen LogP contribution >= 0.6 is 11.6 Å². The van der Waals surface area contributed by atoms with Gasteiger partial charge in [-0.1, -0.05) is 18.5 Å². The molecule has 16 heavy (non-hydrogen) atoms. The summed E-state index contributed by atoms with van der Waals surface area (Å²) < 4.78 is 24.0. The van der Waals surface area contributed by atoms with Gasteiger partial charge in [-0.3, -0.25) is 0 Å².